The van der Waals surface area contributed by atoms with E-state index in [1.54, 1.807) is 12.1 Å². The third kappa shape index (κ3) is 4.20. The maximum Gasteiger partial charge on any atom is 0.338 e. The number of amides is 3. The molecule has 1 aromatic heterocycles. The standard InChI is InChI=1S/C22H15FN2O6/c23-14-3-1-4-15(10-14)24-19(26)12-31-22(29)13-6-7-17-18(9-13)21(28)25(20(17)27)11-16-5-2-8-30-16/h1-10H,11-12H2,(H,24,26). The molecule has 0 radical (unpaired) electrons. The molecular weight excluding hydrogens is 407 g/mol. The van der Waals surface area contributed by atoms with Crippen molar-refractivity contribution in [3.63, 3.8) is 0 Å². The van der Waals surface area contributed by atoms with Gasteiger partial charge in [-0.25, -0.2) is 9.18 Å². The van der Waals surface area contributed by atoms with Gasteiger partial charge in [-0.1, -0.05) is 6.07 Å². The van der Waals surface area contributed by atoms with Gasteiger partial charge in [0.2, 0.25) is 0 Å². The third-order valence-corrected chi connectivity index (χ3v) is 4.54. The minimum Gasteiger partial charge on any atom is -0.467 e. The first-order valence-corrected chi connectivity index (χ1v) is 9.17. The topological polar surface area (TPSA) is 106 Å². The lowest BCUT2D eigenvalue weighted by Gasteiger charge is -2.11. The Balaban J connectivity index is 1.40. The molecule has 1 N–H and O–H groups in total. The Labute approximate surface area is 175 Å². The second kappa shape index (κ2) is 8.23. The molecule has 8 nitrogen and oxygen atoms in total. The molecule has 31 heavy (non-hydrogen) atoms. The monoisotopic (exact) mass is 422 g/mol. The Kier molecular flexibility index (Phi) is 5.31. The highest BCUT2D eigenvalue weighted by molar-refractivity contribution is 6.21. The summed E-state index contributed by atoms with van der Waals surface area (Å²) in [4.78, 5) is 50.3. The first-order valence-electron chi connectivity index (χ1n) is 9.17. The van der Waals surface area contributed by atoms with Crippen molar-refractivity contribution in [1.82, 2.24) is 4.90 Å². The minimum atomic E-state index is -0.845. The average molecular weight is 422 g/mol. The van der Waals surface area contributed by atoms with Crippen molar-refractivity contribution < 1.29 is 32.7 Å². The lowest BCUT2D eigenvalue weighted by molar-refractivity contribution is -0.119. The summed E-state index contributed by atoms with van der Waals surface area (Å²) < 4.78 is 23.3. The Bertz CT molecular complexity index is 1190. The van der Waals surface area contributed by atoms with E-state index in [0.717, 1.165) is 11.0 Å². The Morgan fingerprint density at radius 2 is 1.81 bits per heavy atom. The van der Waals surface area contributed by atoms with Crippen LogP contribution in [-0.2, 0) is 16.1 Å². The van der Waals surface area contributed by atoms with Crippen LogP contribution in [0.1, 0.15) is 36.8 Å². The highest BCUT2D eigenvalue weighted by Crippen LogP contribution is 2.26. The van der Waals surface area contributed by atoms with E-state index in [0.29, 0.717) is 5.76 Å². The van der Waals surface area contributed by atoms with Gasteiger partial charge in [0.05, 0.1) is 29.5 Å². The zero-order valence-corrected chi connectivity index (χ0v) is 16.0. The summed E-state index contributed by atoms with van der Waals surface area (Å²) in [6.07, 6.45) is 1.44. The Hall–Kier alpha value is -4.27. The maximum absolute atomic E-state index is 13.2. The zero-order chi connectivity index (χ0) is 22.0. The number of imide groups is 1. The number of esters is 1. The van der Waals surface area contributed by atoms with Crippen molar-refractivity contribution >= 4 is 29.4 Å². The van der Waals surface area contributed by atoms with E-state index in [-0.39, 0.29) is 28.9 Å². The van der Waals surface area contributed by atoms with Crippen LogP contribution in [0.15, 0.2) is 65.3 Å². The number of nitrogens with zero attached hydrogens (tertiary/aromatic N) is 1. The van der Waals surface area contributed by atoms with Crippen LogP contribution < -0.4 is 5.32 Å². The number of ether oxygens (including phenoxy) is 1. The molecule has 3 amide bonds. The molecule has 156 valence electrons. The highest BCUT2D eigenvalue weighted by atomic mass is 19.1. The molecule has 9 heteroatoms. The molecule has 0 aliphatic carbocycles. The van der Waals surface area contributed by atoms with Gasteiger partial charge in [0.25, 0.3) is 17.7 Å². The lowest BCUT2D eigenvalue weighted by Crippen LogP contribution is -2.28. The first-order chi connectivity index (χ1) is 14.9. The van der Waals surface area contributed by atoms with E-state index < -0.39 is 36.1 Å². The molecule has 0 fully saturated rings. The Morgan fingerprint density at radius 3 is 2.55 bits per heavy atom. The van der Waals surface area contributed by atoms with Crippen LogP contribution in [0.3, 0.4) is 0 Å². The molecule has 0 spiro atoms. The van der Waals surface area contributed by atoms with Gasteiger partial charge in [-0.05, 0) is 48.5 Å². The van der Waals surface area contributed by atoms with Gasteiger partial charge in [0.15, 0.2) is 6.61 Å². The van der Waals surface area contributed by atoms with Crippen LogP contribution in [0.4, 0.5) is 10.1 Å². The number of hydrogen-bond donors (Lipinski definition) is 1. The third-order valence-electron chi connectivity index (χ3n) is 4.54. The van der Waals surface area contributed by atoms with Crippen LogP contribution in [0.2, 0.25) is 0 Å². The number of hydrogen-bond acceptors (Lipinski definition) is 6. The van der Waals surface area contributed by atoms with Gasteiger partial charge in [-0.15, -0.1) is 0 Å². The summed E-state index contributed by atoms with van der Waals surface area (Å²) in [5, 5.41) is 2.40. The maximum atomic E-state index is 13.2. The number of furan rings is 1. The van der Waals surface area contributed by atoms with E-state index in [4.69, 9.17) is 9.15 Å². The normalized spacial score (nSPS) is 12.6. The number of benzene rings is 2. The van der Waals surface area contributed by atoms with Crippen LogP contribution in [0.5, 0.6) is 0 Å². The lowest BCUT2D eigenvalue weighted by atomic mass is 10.1. The fraction of sp³-hybridized carbons (Fsp3) is 0.0909. The summed E-state index contributed by atoms with van der Waals surface area (Å²) >= 11 is 0. The summed E-state index contributed by atoms with van der Waals surface area (Å²) in [5.41, 5.74) is 0.463. The largest absolute Gasteiger partial charge is 0.467 e. The molecule has 0 unspecified atom stereocenters. The zero-order valence-electron chi connectivity index (χ0n) is 16.0. The molecule has 1 aliphatic heterocycles. The van der Waals surface area contributed by atoms with Gasteiger partial charge in [0.1, 0.15) is 11.6 Å². The van der Waals surface area contributed by atoms with Crippen molar-refractivity contribution in [2.24, 2.45) is 0 Å². The fourth-order valence-electron chi connectivity index (χ4n) is 3.10. The smallest absolute Gasteiger partial charge is 0.338 e. The number of nitrogens with one attached hydrogen (secondary N) is 1. The molecule has 2 aromatic carbocycles. The molecule has 2 heterocycles. The number of halogens is 1. The van der Waals surface area contributed by atoms with E-state index >= 15 is 0 Å². The summed E-state index contributed by atoms with van der Waals surface area (Å²) in [6, 6.07) is 12.5. The molecular formula is C22H15FN2O6. The summed E-state index contributed by atoms with van der Waals surface area (Å²) in [7, 11) is 0. The number of carbonyl (C=O) groups excluding carboxylic acids is 4. The van der Waals surface area contributed by atoms with Gasteiger partial charge >= 0.3 is 5.97 Å². The van der Waals surface area contributed by atoms with Gasteiger partial charge < -0.3 is 14.5 Å². The van der Waals surface area contributed by atoms with Crippen LogP contribution >= 0.6 is 0 Å². The quantitative estimate of drug-likeness (QED) is 0.484. The van der Waals surface area contributed by atoms with E-state index in [1.165, 1.54) is 42.7 Å². The van der Waals surface area contributed by atoms with Crippen molar-refractivity contribution in [1.29, 1.82) is 0 Å². The van der Waals surface area contributed by atoms with Gasteiger partial charge in [-0.3, -0.25) is 19.3 Å². The number of rotatable bonds is 6. The fourth-order valence-corrected chi connectivity index (χ4v) is 3.10. The SMILES string of the molecule is O=C(COC(=O)c1ccc2c(c1)C(=O)N(Cc1ccco1)C2=O)Nc1cccc(F)c1. The molecule has 0 saturated carbocycles. The summed E-state index contributed by atoms with van der Waals surface area (Å²) in [6.45, 7) is -0.636. The van der Waals surface area contributed by atoms with Crippen LogP contribution in [-0.4, -0.2) is 35.2 Å². The summed E-state index contributed by atoms with van der Waals surface area (Å²) in [5.74, 6) is -2.63. The van der Waals surface area contributed by atoms with Crippen molar-refractivity contribution in [2.75, 3.05) is 11.9 Å². The number of fused-ring (bicyclic) bond motifs is 1. The van der Waals surface area contributed by atoms with E-state index in [9.17, 15) is 23.6 Å². The molecule has 0 bridgehead atoms. The van der Waals surface area contributed by atoms with E-state index in [2.05, 4.69) is 5.32 Å². The average Bonchev–Trinajstić information content (AvgIpc) is 3.35. The van der Waals surface area contributed by atoms with Crippen LogP contribution in [0, 0.1) is 5.82 Å². The molecule has 0 saturated heterocycles. The predicted octanol–water partition coefficient (Wildman–Crippen LogP) is 3.01. The molecule has 1 aliphatic rings. The molecule has 4 rings (SSSR count). The number of carbonyl (C=O) groups is 4. The van der Waals surface area contributed by atoms with Crippen LogP contribution in [0.25, 0.3) is 0 Å². The molecule has 3 aromatic rings. The molecule has 0 atom stereocenters. The predicted molar refractivity (Wildman–Crippen MR) is 105 cm³/mol. The van der Waals surface area contributed by atoms with E-state index in [1.807, 2.05) is 0 Å². The van der Waals surface area contributed by atoms with Crippen molar-refractivity contribution in [3.8, 4) is 0 Å². The second-order valence-electron chi connectivity index (χ2n) is 6.67. The minimum absolute atomic E-state index is 0.0123. The van der Waals surface area contributed by atoms with Gasteiger partial charge in [0, 0.05) is 5.69 Å². The highest BCUT2D eigenvalue weighted by Gasteiger charge is 2.36. The number of anilines is 1. The van der Waals surface area contributed by atoms with Gasteiger partial charge in [-0.2, -0.15) is 0 Å². The Morgan fingerprint density at radius 1 is 1.00 bits per heavy atom. The first kappa shape index (κ1) is 20.0. The second-order valence-corrected chi connectivity index (χ2v) is 6.67. The van der Waals surface area contributed by atoms with Crippen molar-refractivity contribution in [3.05, 3.63) is 89.1 Å². The van der Waals surface area contributed by atoms with Crippen molar-refractivity contribution in [2.45, 2.75) is 6.54 Å².